The Bertz CT molecular complexity index is 915. The van der Waals surface area contributed by atoms with Crippen LogP contribution in [0.25, 0.3) is 0 Å². The van der Waals surface area contributed by atoms with Crippen molar-refractivity contribution in [3.05, 3.63) is 82.6 Å². The normalized spacial score (nSPS) is 18.5. The topological polar surface area (TPSA) is 46.9 Å². The van der Waals surface area contributed by atoms with Gasteiger partial charge in [-0.2, -0.15) is 5.10 Å². The van der Waals surface area contributed by atoms with Crippen LogP contribution in [0.2, 0.25) is 5.02 Å². The number of rotatable bonds is 5. The number of carbonyl (C=O) groups excluding carboxylic acids is 1. The fraction of sp³-hybridized carbons (Fsp3) is 0.238. The molecule has 4 rings (SSSR count). The molecule has 5 heteroatoms. The van der Waals surface area contributed by atoms with Gasteiger partial charge >= 0.3 is 0 Å². The highest BCUT2D eigenvalue weighted by molar-refractivity contribution is 6.30. The first-order valence-corrected chi connectivity index (χ1v) is 9.10. The zero-order chi connectivity index (χ0) is 18.1. The van der Waals surface area contributed by atoms with Crippen molar-refractivity contribution in [2.75, 3.05) is 5.32 Å². The first-order chi connectivity index (χ1) is 12.6. The van der Waals surface area contributed by atoms with Gasteiger partial charge in [0.05, 0.1) is 18.4 Å². The third kappa shape index (κ3) is 3.81. The zero-order valence-corrected chi connectivity index (χ0v) is 15.3. The molecule has 1 amide bonds. The highest BCUT2D eigenvalue weighted by Crippen LogP contribution is 2.48. The lowest BCUT2D eigenvalue weighted by molar-refractivity contribution is -0.117. The van der Waals surface area contributed by atoms with Gasteiger partial charge in [0.15, 0.2) is 0 Å². The third-order valence-corrected chi connectivity index (χ3v) is 5.04. The molecule has 0 saturated heterocycles. The predicted molar refractivity (Wildman–Crippen MR) is 103 cm³/mol. The van der Waals surface area contributed by atoms with Crippen molar-refractivity contribution in [3.63, 3.8) is 0 Å². The molecule has 1 fully saturated rings. The summed E-state index contributed by atoms with van der Waals surface area (Å²) in [6.45, 7) is 2.76. The molecular weight excluding hydrogens is 346 g/mol. The molecule has 0 spiro atoms. The number of aromatic nitrogens is 2. The van der Waals surface area contributed by atoms with Crippen molar-refractivity contribution in [1.82, 2.24) is 9.78 Å². The quantitative estimate of drug-likeness (QED) is 0.716. The molecule has 4 nitrogen and oxygen atoms in total. The van der Waals surface area contributed by atoms with Crippen LogP contribution in [0.4, 0.5) is 5.69 Å². The van der Waals surface area contributed by atoms with E-state index in [2.05, 4.69) is 41.6 Å². The van der Waals surface area contributed by atoms with Gasteiger partial charge < -0.3 is 5.32 Å². The number of amides is 1. The molecule has 0 aliphatic heterocycles. The molecule has 2 aromatic carbocycles. The van der Waals surface area contributed by atoms with Gasteiger partial charge in [0.1, 0.15) is 0 Å². The molecule has 1 aliphatic carbocycles. The number of anilines is 1. The largest absolute Gasteiger partial charge is 0.323 e. The van der Waals surface area contributed by atoms with Crippen LogP contribution in [-0.4, -0.2) is 15.7 Å². The SMILES string of the molecule is Cc1ccc(Cn2cc(NC(=O)C3CC3c3ccc(Cl)cc3)cn2)cc1. The molecule has 3 aromatic rings. The van der Waals surface area contributed by atoms with E-state index in [9.17, 15) is 4.79 Å². The lowest BCUT2D eigenvalue weighted by Crippen LogP contribution is -2.14. The van der Waals surface area contributed by atoms with E-state index in [4.69, 9.17) is 11.6 Å². The Morgan fingerprint density at radius 1 is 1.19 bits per heavy atom. The maximum Gasteiger partial charge on any atom is 0.228 e. The summed E-state index contributed by atoms with van der Waals surface area (Å²) in [6, 6.07) is 16.1. The molecule has 0 bridgehead atoms. The van der Waals surface area contributed by atoms with Gasteiger partial charge in [0.25, 0.3) is 0 Å². The molecular formula is C21H20ClN3O. The van der Waals surface area contributed by atoms with E-state index < -0.39 is 0 Å². The second-order valence-electron chi connectivity index (χ2n) is 6.90. The van der Waals surface area contributed by atoms with Crippen molar-refractivity contribution in [1.29, 1.82) is 0 Å². The minimum Gasteiger partial charge on any atom is -0.323 e. The molecule has 132 valence electrons. The number of halogens is 1. The number of nitrogens with zero attached hydrogens (tertiary/aromatic N) is 2. The fourth-order valence-electron chi connectivity index (χ4n) is 3.19. The average Bonchev–Trinajstić information content (AvgIpc) is 3.32. The van der Waals surface area contributed by atoms with E-state index in [0.717, 1.165) is 17.1 Å². The Hall–Kier alpha value is -2.59. The second kappa shape index (κ2) is 6.96. The summed E-state index contributed by atoms with van der Waals surface area (Å²) in [5.74, 6) is 0.367. The fourth-order valence-corrected chi connectivity index (χ4v) is 3.32. The predicted octanol–water partition coefficient (Wildman–Crippen LogP) is 4.64. The van der Waals surface area contributed by atoms with Crippen LogP contribution in [0.3, 0.4) is 0 Å². The van der Waals surface area contributed by atoms with E-state index in [1.54, 1.807) is 6.20 Å². The van der Waals surface area contributed by atoms with Gasteiger partial charge in [0, 0.05) is 17.1 Å². The van der Waals surface area contributed by atoms with Crippen molar-refractivity contribution < 1.29 is 4.79 Å². The van der Waals surface area contributed by atoms with E-state index in [1.165, 1.54) is 16.7 Å². The summed E-state index contributed by atoms with van der Waals surface area (Å²) < 4.78 is 1.84. The molecule has 1 aliphatic rings. The monoisotopic (exact) mass is 365 g/mol. The molecule has 1 heterocycles. The van der Waals surface area contributed by atoms with E-state index in [1.807, 2.05) is 35.1 Å². The average molecular weight is 366 g/mol. The minimum absolute atomic E-state index is 0.0247. The molecule has 1 N–H and O–H groups in total. The zero-order valence-electron chi connectivity index (χ0n) is 14.5. The molecule has 2 unspecified atom stereocenters. The maximum absolute atomic E-state index is 12.5. The Morgan fingerprint density at radius 3 is 2.65 bits per heavy atom. The Kier molecular flexibility index (Phi) is 4.51. The summed E-state index contributed by atoms with van der Waals surface area (Å²) >= 11 is 5.92. The number of nitrogens with one attached hydrogen (secondary N) is 1. The lowest BCUT2D eigenvalue weighted by Gasteiger charge is -2.03. The summed E-state index contributed by atoms with van der Waals surface area (Å²) in [4.78, 5) is 12.5. The Morgan fingerprint density at radius 2 is 1.92 bits per heavy atom. The lowest BCUT2D eigenvalue weighted by atomic mass is 10.1. The Labute approximate surface area is 157 Å². The highest BCUT2D eigenvalue weighted by atomic mass is 35.5. The number of benzene rings is 2. The van der Waals surface area contributed by atoms with E-state index >= 15 is 0 Å². The molecule has 1 saturated carbocycles. The number of carbonyl (C=O) groups is 1. The van der Waals surface area contributed by atoms with Crippen molar-refractivity contribution in [2.45, 2.75) is 25.8 Å². The molecule has 0 radical (unpaired) electrons. The molecule has 2 atom stereocenters. The van der Waals surface area contributed by atoms with Gasteiger partial charge in [-0.1, -0.05) is 53.6 Å². The summed E-state index contributed by atoms with van der Waals surface area (Å²) in [5, 5.41) is 8.04. The smallest absolute Gasteiger partial charge is 0.228 e. The third-order valence-electron chi connectivity index (χ3n) is 4.79. The van der Waals surface area contributed by atoms with E-state index in [-0.39, 0.29) is 17.7 Å². The van der Waals surface area contributed by atoms with Crippen LogP contribution in [0.5, 0.6) is 0 Å². The Balaban J connectivity index is 1.35. The molecule has 26 heavy (non-hydrogen) atoms. The van der Waals surface area contributed by atoms with Crippen LogP contribution in [0.1, 0.15) is 29.0 Å². The molecule has 1 aromatic heterocycles. The van der Waals surface area contributed by atoms with Gasteiger partial charge in [-0.05, 0) is 42.5 Å². The van der Waals surface area contributed by atoms with Crippen LogP contribution in [0.15, 0.2) is 60.9 Å². The number of hydrogen-bond donors (Lipinski definition) is 1. The summed E-state index contributed by atoms with van der Waals surface area (Å²) in [5.41, 5.74) is 4.33. The van der Waals surface area contributed by atoms with Gasteiger partial charge in [-0.15, -0.1) is 0 Å². The van der Waals surface area contributed by atoms with Crippen LogP contribution in [-0.2, 0) is 11.3 Å². The van der Waals surface area contributed by atoms with Crippen LogP contribution >= 0.6 is 11.6 Å². The minimum atomic E-state index is 0.0247. The maximum atomic E-state index is 12.5. The highest BCUT2D eigenvalue weighted by Gasteiger charge is 2.43. The van der Waals surface area contributed by atoms with Gasteiger partial charge in [-0.25, -0.2) is 0 Å². The second-order valence-corrected chi connectivity index (χ2v) is 7.34. The van der Waals surface area contributed by atoms with Gasteiger partial charge in [0.2, 0.25) is 5.91 Å². The first-order valence-electron chi connectivity index (χ1n) is 8.73. The van der Waals surface area contributed by atoms with Crippen molar-refractivity contribution in [2.24, 2.45) is 5.92 Å². The number of aryl methyl sites for hydroxylation is 1. The summed E-state index contributed by atoms with van der Waals surface area (Å²) in [6.07, 6.45) is 4.45. The first kappa shape index (κ1) is 16.9. The van der Waals surface area contributed by atoms with Crippen molar-refractivity contribution >= 4 is 23.2 Å². The van der Waals surface area contributed by atoms with Gasteiger partial charge in [-0.3, -0.25) is 9.48 Å². The number of hydrogen-bond acceptors (Lipinski definition) is 2. The van der Waals surface area contributed by atoms with Crippen LogP contribution < -0.4 is 5.32 Å². The standard InChI is InChI=1S/C21H20ClN3O/c1-14-2-4-15(5-3-14)12-25-13-18(11-23-25)24-21(26)20-10-19(20)16-6-8-17(22)9-7-16/h2-9,11,13,19-20H,10,12H2,1H3,(H,24,26). The van der Waals surface area contributed by atoms with Crippen LogP contribution in [0, 0.1) is 12.8 Å². The summed E-state index contributed by atoms with van der Waals surface area (Å²) in [7, 11) is 0. The van der Waals surface area contributed by atoms with Crippen molar-refractivity contribution in [3.8, 4) is 0 Å². The van der Waals surface area contributed by atoms with E-state index in [0.29, 0.717) is 6.54 Å².